The van der Waals surface area contributed by atoms with E-state index in [0.29, 0.717) is 24.6 Å². The Morgan fingerprint density at radius 2 is 1.89 bits per heavy atom. The molecular formula is C18H26F2IN5O. The highest BCUT2D eigenvalue weighted by Gasteiger charge is 2.12. The topological polar surface area (TPSA) is 63.5 Å². The molecule has 0 atom stereocenters. The molecule has 0 aliphatic carbocycles. The van der Waals surface area contributed by atoms with Crippen molar-refractivity contribution in [3.05, 3.63) is 46.3 Å². The molecule has 6 nitrogen and oxygen atoms in total. The first kappa shape index (κ1) is 23.1. The highest BCUT2D eigenvalue weighted by atomic mass is 127. The standard InChI is InChI=1S/C18H25F2N5O.HI/c1-11-6-7-16(26-17(19)20)14(8-11)9-22-18(21-4)23-10-15-12(2)24-25(5)13(15)3;/h6-8,17H,9-10H2,1-5H3,(H2,21,22,23);1H. The van der Waals surface area contributed by atoms with Gasteiger partial charge in [-0.3, -0.25) is 9.67 Å². The van der Waals surface area contributed by atoms with Gasteiger partial charge >= 0.3 is 6.61 Å². The van der Waals surface area contributed by atoms with E-state index in [4.69, 9.17) is 0 Å². The molecule has 9 heteroatoms. The van der Waals surface area contributed by atoms with Crippen molar-refractivity contribution in [2.24, 2.45) is 12.0 Å². The number of alkyl halides is 2. The molecule has 1 aromatic carbocycles. The maximum absolute atomic E-state index is 12.6. The second-order valence-electron chi connectivity index (χ2n) is 6.04. The van der Waals surface area contributed by atoms with Crippen molar-refractivity contribution < 1.29 is 13.5 Å². The Labute approximate surface area is 175 Å². The van der Waals surface area contributed by atoms with Gasteiger partial charge in [-0.2, -0.15) is 13.9 Å². The van der Waals surface area contributed by atoms with Crippen molar-refractivity contribution in [3.8, 4) is 5.75 Å². The van der Waals surface area contributed by atoms with Crippen LogP contribution in [0.4, 0.5) is 8.78 Å². The summed E-state index contributed by atoms with van der Waals surface area (Å²) in [6.07, 6.45) is 0. The average Bonchev–Trinajstić information content (AvgIpc) is 2.82. The molecule has 0 amide bonds. The van der Waals surface area contributed by atoms with Gasteiger partial charge in [-0.05, 0) is 26.8 Å². The number of aliphatic imine (C=N–C) groups is 1. The minimum atomic E-state index is -2.86. The van der Waals surface area contributed by atoms with Gasteiger partial charge in [0, 0.05) is 44.0 Å². The first-order chi connectivity index (χ1) is 12.3. The zero-order chi connectivity index (χ0) is 19.3. The lowest BCUT2D eigenvalue weighted by Gasteiger charge is -2.15. The molecule has 1 aromatic heterocycles. The van der Waals surface area contributed by atoms with Crippen molar-refractivity contribution in [1.29, 1.82) is 0 Å². The van der Waals surface area contributed by atoms with E-state index in [-0.39, 0.29) is 29.7 Å². The van der Waals surface area contributed by atoms with Crippen molar-refractivity contribution in [1.82, 2.24) is 20.4 Å². The normalized spacial score (nSPS) is 11.3. The van der Waals surface area contributed by atoms with Gasteiger partial charge in [0.1, 0.15) is 5.75 Å². The zero-order valence-electron chi connectivity index (χ0n) is 16.1. The Hall–Kier alpha value is -1.91. The Morgan fingerprint density at radius 1 is 1.22 bits per heavy atom. The monoisotopic (exact) mass is 493 g/mol. The van der Waals surface area contributed by atoms with Crippen LogP contribution in [0.3, 0.4) is 0 Å². The van der Waals surface area contributed by atoms with E-state index in [2.05, 4.69) is 25.5 Å². The summed E-state index contributed by atoms with van der Waals surface area (Å²) in [5.41, 5.74) is 4.75. The van der Waals surface area contributed by atoms with Crippen LogP contribution in [-0.2, 0) is 20.1 Å². The summed E-state index contributed by atoms with van der Waals surface area (Å²) in [5, 5.41) is 10.7. The smallest absolute Gasteiger partial charge is 0.387 e. The van der Waals surface area contributed by atoms with Gasteiger partial charge in [-0.15, -0.1) is 24.0 Å². The summed E-state index contributed by atoms with van der Waals surface area (Å²) in [6.45, 7) is 3.89. The summed E-state index contributed by atoms with van der Waals surface area (Å²) in [7, 11) is 3.56. The van der Waals surface area contributed by atoms with Crippen LogP contribution in [0.15, 0.2) is 23.2 Å². The predicted octanol–water partition coefficient (Wildman–Crippen LogP) is 3.43. The second kappa shape index (κ2) is 10.4. The van der Waals surface area contributed by atoms with E-state index in [1.807, 2.05) is 38.6 Å². The third-order valence-corrected chi connectivity index (χ3v) is 4.19. The van der Waals surface area contributed by atoms with Gasteiger partial charge in [-0.1, -0.05) is 17.7 Å². The lowest BCUT2D eigenvalue weighted by molar-refractivity contribution is -0.0504. The van der Waals surface area contributed by atoms with Gasteiger partial charge in [0.2, 0.25) is 0 Å². The molecule has 2 aromatic rings. The number of aryl methyl sites for hydroxylation is 3. The summed E-state index contributed by atoms with van der Waals surface area (Å²) in [5.74, 6) is 0.727. The maximum atomic E-state index is 12.6. The molecule has 0 saturated heterocycles. The summed E-state index contributed by atoms with van der Waals surface area (Å²) in [6, 6.07) is 5.10. The van der Waals surface area contributed by atoms with Crippen LogP contribution in [-0.4, -0.2) is 29.4 Å². The lowest BCUT2D eigenvalue weighted by Crippen LogP contribution is -2.36. The predicted molar refractivity (Wildman–Crippen MR) is 113 cm³/mol. The van der Waals surface area contributed by atoms with Crippen LogP contribution in [0.5, 0.6) is 5.75 Å². The second-order valence-corrected chi connectivity index (χ2v) is 6.04. The van der Waals surface area contributed by atoms with Crippen molar-refractivity contribution in [2.45, 2.75) is 40.5 Å². The van der Waals surface area contributed by atoms with Crippen molar-refractivity contribution in [3.63, 3.8) is 0 Å². The first-order valence-electron chi connectivity index (χ1n) is 8.29. The summed E-state index contributed by atoms with van der Waals surface area (Å²) in [4.78, 5) is 4.18. The Morgan fingerprint density at radius 3 is 2.44 bits per heavy atom. The number of rotatable bonds is 6. The number of halogens is 3. The third kappa shape index (κ3) is 6.33. The largest absolute Gasteiger partial charge is 0.434 e. The minimum Gasteiger partial charge on any atom is -0.434 e. The maximum Gasteiger partial charge on any atom is 0.387 e. The number of ether oxygens (including phenoxy) is 1. The van der Waals surface area contributed by atoms with Crippen LogP contribution in [0, 0.1) is 20.8 Å². The van der Waals surface area contributed by atoms with E-state index < -0.39 is 6.61 Å². The number of hydrogen-bond acceptors (Lipinski definition) is 3. The number of nitrogens with zero attached hydrogens (tertiary/aromatic N) is 3. The van der Waals surface area contributed by atoms with E-state index in [0.717, 1.165) is 22.5 Å². The van der Waals surface area contributed by atoms with Gasteiger partial charge in [-0.25, -0.2) is 0 Å². The van der Waals surface area contributed by atoms with Gasteiger partial charge in [0.05, 0.1) is 5.69 Å². The zero-order valence-corrected chi connectivity index (χ0v) is 18.5. The fraction of sp³-hybridized carbons (Fsp3) is 0.444. The summed E-state index contributed by atoms with van der Waals surface area (Å²) >= 11 is 0. The molecule has 0 bridgehead atoms. The van der Waals surface area contributed by atoms with E-state index in [9.17, 15) is 8.78 Å². The molecule has 0 aliphatic heterocycles. The van der Waals surface area contributed by atoms with E-state index in [1.165, 1.54) is 0 Å². The van der Waals surface area contributed by atoms with Crippen LogP contribution in [0.2, 0.25) is 0 Å². The fourth-order valence-electron chi connectivity index (χ4n) is 2.70. The summed E-state index contributed by atoms with van der Waals surface area (Å²) < 4.78 is 31.6. The lowest BCUT2D eigenvalue weighted by atomic mass is 10.1. The number of aromatic nitrogens is 2. The minimum absolute atomic E-state index is 0. The van der Waals surface area contributed by atoms with Crippen LogP contribution in [0.1, 0.15) is 28.1 Å². The van der Waals surface area contributed by atoms with Gasteiger partial charge in [0.15, 0.2) is 5.96 Å². The van der Waals surface area contributed by atoms with E-state index >= 15 is 0 Å². The quantitative estimate of drug-likeness (QED) is 0.368. The highest BCUT2D eigenvalue weighted by molar-refractivity contribution is 14.0. The number of hydrogen-bond donors (Lipinski definition) is 2. The molecular weight excluding hydrogens is 467 g/mol. The molecule has 27 heavy (non-hydrogen) atoms. The molecule has 0 radical (unpaired) electrons. The molecule has 0 fully saturated rings. The Kier molecular flexibility index (Phi) is 8.94. The number of guanidine groups is 1. The molecule has 150 valence electrons. The Bertz CT molecular complexity index is 792. The first-order valence-corrected chi connectivity index (χ1v) is 8.29. The molecule has 2 N–H and O–H groups in total. The van der Waals surface area contributed by atoms with Crippen molar-refractivity contribution in [2.75, 3.05) is 7.05 Å². The van der Waals surface area contributed by atoms with Crippen LogP contribution < -0.4 is 15.4 Å². The van der Waals surface area contributed by atoms with Crippen LogP contribution >= 0.6 is 24.0 Å². The molecule has 2 rings (SSSR count). The SMILES string of the molecule is CN=C(NCc1cc(C)ccc1OC(F)F)NCc1c(C)nn(C)c1C.I. The van der Waals surface area contributed by atoms with Crippen LogP contribution in [0.25, 0.3) is 0 Å². The van der Waals surface area contributed by atoms with Crippen molar-refractivity contribution >= 4 is 29.9 Å². The molecule has 0 aliphatic rings. The number of nitrogens with one attached hydrogen (secondary N) is 2. The third-order valence-electron chi connectivity index (χ3n) is 4.19. The molecule has 1 heterocycles. The van der Waals surface area contributed by atoms with Gasteiger partial charge < -0.3 is 15.4 Å². The number of benzene rings is 1. The molecule has 0 spiro atoms. The molecule has 0 saturated carbocycles. The fourth-order valence-corrected chi connectivity index (χ4v) is 2.70. The average molecular weight is 493 g/mol. The highest BCUT2D eigenvalue weighted by Crippen LogP contribution is 2.22. The molecule has 0 unspecified atom stereocenters. The van der Waals surface area contributed by atoms with Gasteiger partial charge in [0.25, 0.3) is 0 Å². The Balaban J connectivity index is 0.00000364. The van der Waals surface area contributed by atoms with E-state index in [1.54, 1.807) is 19.2 Å².